The summed E-state index contributed by atoms with van der Waals surface area (Å²) in [5, 5.41) is 11.1. The monoisotopic (exact) mass is 545 g/mol. The highest BCUT2D eigenvalue weighted by Crippen LogP contribution is 2.41. The number of methoxy groups -OCH3 is 1. The maximum Gasteiger partial charge on any atom is 0.416 e. The van der Waals surface area contributed by atoms with Crippen LogP contribution in [0.5, 0.6) is 5.75 Å². The molecule has 1 N–H and O–H groups in total. The first-order chi connectivity index (χ1) is 16.6. The summed E-state index contributed by atoms with van der Waals surface area (Å²) in [7, 11) is 1.49. The van der Waals surface area contributed by atoms with Gasteiger partial charge in [-0.25, -0.2) is 0 Å². The van der Waals surface area contributed by atoms with Gasteiger partial charge in [-0.15, -0.1) is 0 Å². The molecule has 180 valence electrons. The van der Waals surface area contributed by atoms with Crippen molar-refractivity contribution in [3.05, 3.63) is 105 Å². The molecule has 1 unspecified atom stereocenters. The number of Topliss-reactive ketones (excluding diaryl/α,β-unsaturated/α-hetero) is 1. The molecule has 1 aliphatic rings. The number of carbonyl (C=O) groups is 2. The maximum atomic E-state index is 13.2. The molecule has 1 atom stereocenters. The summed E-state index contributed by atoms with van der Waals surface area (Å²) in [6.07, 6.45) is -4.55. The van der Waals surface area contributed by atoms with Crippen molar-refractivity contribution in [1.82, 2.24) is 4.90 Å². The standard InChI is InChI=1S/C26H19BrF3NO4/c1-35-20-11-7-16(8-12-20)22-21(23(32)17-5-9-19(27)10-6-17)24(33)25(34)31(22)14-15-3-2-4-18(13-15)26(28,29)30/h2-13,22,32H,14H2,1H3/b23-21+. The number of carbonyl (C=O) groups excluding carboxylic acids is 2. The van der Waals surface area contributed by atoms with Gasteiger partial charge in [-0.05, 0) is 47.5 Å². The lowest BCUT2D eigenvalue weighted by Gasteiger charge is -2.26. The minimum absolute atomic E-state index is 0.144. The van der Waals surface area contributed by atoms with Crippen LogP contribution in [0.1, 0.15) is 28.3 Å². The molecular formula is C26H19BrF3NO4. The van der Waals surface area contributed by atoms with Crippen LogP contribution in [0.2, 0.25) is 0 Å². The van der Waals surface area contributed by atoms with Crippen molar-refractivity contribution in [2.24, 2.45) is 0 Å². The fourth-order valence-corrected chi connectivity index (χ4v) is 4.25. The second-order valence-electron chi connectivity index (χ2n) is 7.91. The highest BCUT2D eigenvalue weighted by molar-refractivity contribution is 9.10. The number of aliphatic hydroxyl groups is 1. The zero-order valence-electron chi connectivity index (χ0n) is 18.3. The molecule has 0 aromatic heterocycles. The third-order valence-electron chi connectivity index (χ3n) is 5.70. The molecule has 1 amide bonds. The topological polar surface area (TPSA) is 66.8 Å². The molecule has 0 radical (unpaired) electrons. The number of amides is 1. The molecule has 3 aromatic rings. The summed E-state index contributed by atoms with van der Waals surface area (Å²) in [6, 6.07) is 16.7. The van der Waals surface area contributed by atoms with E-state index < -0.39 is 29.5 Å². The predicted molar refractivity (Wildman–Crippen MR) is 126 cm³/mol. The van der Waals surface area contributed by atoms with E-state index in [1.807, 2.05) is 0 Å². The van der Waals surface area contributed by atoms with Gasteiger partial charge in [-0.1, -0.05) is 52.3 Å². The number of likely N-dealkylation sites (tertiary alicyclic amines) is 1. The van der Waals surface area contributed by atoms with Crippen LogP contribution >= 0.6 is 15.9 Å². The van der Waals surface area contributed by atoms with Crippen molar-refractivity contribution in [3.63, 3.8) is 0 Å². The molecule has 0 bridgehead atoms. The van der Waals surface area contributed by atoms with E-state index in [4.69, 9.17) is 4.74 Å². The van der Waals surface area contributed by atoms with Crippen molar-refractivity contribution in [2.45, 2.75) is 18.8 Å². The lowest BCUT2D eigenvalue weighted by molar-refractivity contribution is -0.140. The number of hydrogen-bond donors (Lipinski definition) is 1. The highest BCUT2D eigenvalue weighted by atomic mass is 79.9. The van der Waals surface area contributed by atoms with Gasteiger partial charge in [0.1, 0.15) is 11.5 Å². The summed E-state index contributed by atoms with van der Waals surface area (Å²) in [4.78, 5) is 27.3. The van der Waals surface area contributed by atoms with Gasteiger partial charge in [0.2, 0.25) is 0 Å². The normalized spacial score (nSPS) is 17.6. The first-order valence-electron chi connectivity index (χ1n) is 10.4. The highest BCUT2D eigenvalue weighted by Gasteiger charge is 2.46. The van der Waals surface area contributed by atoms with Crippen molar-refractivity contribution in [3.8, 4) is 5.75 Å². The maximum absolute atomic E-state index is 13.2. The van der Waals surface area contributed by atoms with Gasteiger partial charge < -0.3 is 14.7 Å². The fourth-order valence-electron chi connectivity index (χ4n) is 3.98. The number of ketones is 1. The summed E-state index contributed by atoms with van der Waals surface area (Å²) in [5.41, 5.74) is 0.0141. The van der Waals surface area contributed by atoms with Crippen LogP contribution < -0.4 is 4.74 Å². The average molecular weight is 546 g/mol. The van der Waals surface area contributed by atoms with Crippen molar-refractivity contribution < 1.29 is 32.6 Å². The second kappa shape index (κ2) is 9.58. The van der Waals surface area contributed by atoms with E-state index in [0.29, 0.717) is 16.9 Å². The summed E-state index contributed by atoms with van der Waals surface area (Å²) < 4.78 is 45.6. The van der Waals surface area contributed by atoms with Crippen LogP contribution in [-0.2, 0) is 22.3 Å². The minimum atomic E-state index is -4.55. The van der Waals surface area contributed by atoms with Crippen molar-refractivity contribution in [1.29, 1.82) is 0 Å². The molecule has 1 aliphatic heterocycles. The molecule has 4 rings (SSSR count). The number of benzene rings is 3. The molecule has 0 aliphatic carbocycles. The molecule has 3 aromatic carbocycles. The SMILES string of the molecule is COc1ccc(C2/C(=C(\O)c3ccc(Br)cc3)C(=O)C(=O)N2Cc2cccc(C(F)(F)F)c2)cc1. The van der Waals surface area contributed by atoms with E-state index in [2.05, 4.69) is 15.9 Å². The Morgan fingerprint density at radius 3 is 2.29 bits per heavy atom. The molecule has 5 nitrogen and oxygen atoms in total. The third kappa shape index (κ3) is 4.95. The smallest absolute Gasteiger partial charge is 0.416 e. The second-order valence-corrected chi connectivity index (χ2v) is 8.82. The average Bonchev–Trinajstić information content (AvgIpc) is 3.08. The quantitative estimate of drug-likeness (QED) is 0.239. The summed E-state index contributed by atoms with van der Waals surface area (Å²) in [5.74, 6) is -1.67. The lowest BCUT2D eigenvalue weighted by atomic mass is 9.95. The van der Waals surface area contributed by atoms with Gasteiger partial charge in [0.15, 0.2) is 0 Å². The van der Waals surface area contributed by atoms with Crippen LogP contribution in [0.4, 0.5) is 13.2 Å². The Bertz CT molecular complexity index is 1300. The number of rotatable bonds is 5. The van der Waals surface area contributed by atoms with Crippen molar-refractivity contribution in [2.75, 3.05) is 7.11 Å². The van der Waals surface area contributed by atoms with Crippen LogP contribution in [0.25, 0.3) is 5.76 Å². The van der Waals surface area contributed by atoms with Gasteiger partial charge in [0, 0.05) is 16.6 Å². The molecule has 35 heavy (non-hydrogen) atoms. The van der Waals surface area contributed by atoms with E-state index >= 15 is 0 Å². The molecule has 1 heterocycles. The number of hydrogen-bond acceptors (Lipinski definition) is 4. The summed E-state index contributed by atoms with van der Waals surface area (Å²) in [6.45, 7) is -0.262. The third-order valence-corrected chi connectivity index (χ3v) is 6.23. The zero-order valence-corrected chi connectivity index (χ0v) is 19.9. The number of nitrogens with zero attached hydrogens (tertiary/aromatic N) is 1. The van der Waals surface area contributed by atoms with Crippen LogP contribution in [-0.4, -0.2) is 28.8 Å². The number of halogens is 4. The molecule has 1 saturated heterocycles. The Kier molecular flexibility index (Phi) is 6.71. The van der Waals surface area contributed by atoms with Crippen LogP contribution in [0.15, 0.2) is 82.8 Å². The Morgan fingerprint density at radius 2 is 1.69 bits per heavy atom. The van der Waals surface area contributed by atoms with Gasteiger partial charge in [-0.2, -0.15) is 13.2 Å². The van der Waals surface area contributed by atoms with Gasteiger partial charge in [0.25, 0.3) is 11.7 Å². The van der Waals surface area contributed by atoms with E-state index in [1.54, 1.807) is 48.5 Å². The predicted octanol–water partition coefficient (Wildman–Crippen LogP) is 6.10. The van der Waals surface area contributed by atoms with E-state index in [9.17, 15) is 27.9 Å². The molecule has 9 heteroatoms. The van der Waals surface area contributed by atoms with Crippen LogP contribution in [0.3, 0.4) is 0 Å². The van der Waals surface area contributed by atoms with Gasteiger partial charge in [-0.3, -0.25) is 9.59 Å². The Labute approximate surface area is 207 Å². The Balaban J connectivity index is 1.83. The van der Waals surface area contributed by atoms with Gasteiger partial charge >= 0.3 is 6.18 Å². The molecule has 0 spiro atoms. The number of aliphatic hydroxyl groups excluding tert-OH is 1. The van der Waals surface area contributed by atoms with Crippen molar-refractivity contribution >= 4 is 33.4 Å². The molecular weight excluding hydrogens is 527 g/mol. The lowest BCUT2D eigenvalue weighted by Crippen LogP contribution is -2.29. The van der Waals surface area contributed by atoms with E-state index in [1.165, 1.54) is 24.1 Å². The summed E-state index contributed by atoms with van der Waals surface area (Å²) >= 11 is 3.31. The number of ether oxygens (including phenoxy) is 1. The Hall–Kier alpha value is -3.59. The zero-order chi connectivity index (χ0) is 25.3. The fraction of sp³-hybridized carbons (Fsp3) is 0.154. The van der Waals surface area contributed by atoms with E-state index in [0.717, 1.165) is 16.6 Å². The minimum Gasteiger partial charge on any atom is -0.507 e. The largest absolute Gasteiger partial charge is 0.507 e. The number of alkyl halides is 3. The molecule has 1 fully saturated rings. The Morgan fingerprint density at radius 1 is 1.03 bits per heavy atom. The van der Waals surface area contributed by atoms with Gasteiger partial charge in [0.05, 0.1) is 24.3 Å². The first-order valence-corrected chi connectivity index (χ1v) is 11.2. The molecule has 0 saturated carbocycles. The van der Waals surface area contributed by atoms with E-state index in [-0.39, 0.29) is 23.4 Å². The van der Waals surface area contributed by atoms with Crippen LogP contribution in [0, 0.1) is 0 Å². The first kappa shape index (κ1) is 24.5.